The smallest absolute Gasteiger partial charge is 0.253 e. The highest BCUT2D eigenvalue weighted by Crippen LogP contribution is 2.05. The first-order chi connectivity index (χ1) is 21.5. The van der Waals surface area contributed by atoms with Gasteiger partial charge in [-0.3, -0.25) is 53.0 Å². The van der Waals surface area contributed by atoms with Crippen LogP contribution in [0.5, 0.6) is 0 Å². The fourth-order valence-electron chi connectivity index (χ4n) is 4.09. The quantitative estimate of drug-likeness (QED) is 0.0627. The second-order valence-electron chi connectivity index (χ2n) is 9.84. The van der Waals surface area contributed by atoms with Crippen LogP contribution in [0, 0.1) is 0 Å². The fraction of sp³-hybridized carbons (Fsp3) is 0.536. The average Bonchev–Trinajstić information content (AvgIpc) is 3.49. The van der Waals surface area contributed by atoms with Crippen molar-refractivity contribution in [2.45, 2.75) is 45.1 Å². The molecule has 17 nitrogen and oxygen atoms in total. The van der Waals surface area contributed by atoms with Gasteiger partial charge in [0, 0.05) is 108 Å². The van der Waals surface area contributed by atoms with Gasteiger partial charge in [-0.1, -0.05) is 0 Å². The fourth-order valence-corrected chi connectivity index (χ4v) is 4.09. The number of carbonyl (C=O) groups is 9. The minimum absolute atomic E-state index is 0.0288. The van der Waals surface area contributed by atoms with Gasteiger partial charge in [0.1, 0.15) is 0 Å². The van der Waals surface area contributed by atoms with E-state index >= 15 is 0 Å². The van der Waals surface area contributed by atoms with Crippen molar-refractivity contribution in [1.82, 2.24) is 36.4 Å². The summed E-state index contributed by atoms with van der Waals surface area (Å²) in [4.78, 5) is 109. The van der Waals surface area contributed by atoms with E-state index in [2.05, 4.69) is 26.6 Å². The zero-order valence-electron chi connectivity index (χ0n) is 25.1. The highest BCUT2D eigenvalue weighted by atomic mass is 16.5. The molecule has 0 atom stereocenters. The number of ether oxygens (including phenoxy) is 1. The number of hydrogen-bond donors (Lipinski definition) is 5. The molecule has 0 aromatic heterocycles. The lowest BCUT2D eigenvalue weighted by atomic mass is 10.1. The maximum Gasteiger partial charge on any atom is 0.253 e. The van der Waals surface area contributed by atoms with Crippen molar-refractivity contribution >= 4 is 53.2 Å². The third kappa shape index (κ3) is 13.9. The number of rotatable bonds is 21. The Kier molecular flexibility index (Phi) is 15.6. The second-order valence-corrected chi connectivity index (χ2v) is 9.84. The van der Waals surface area contributed by atoms with Crippen LogP contribution in [-0.2, 0) is 47.9 Å². The SMILES string of the molecule is CCOCCC(=O)NC(CC(=O)NCCNC(=O)CCN1C(=O)C=CC1=O)CC(=O)NCCNC(=O)CCN1C(=O)C=CC1=O. The Balaban J connectivity index is 1.69. The summed E-state index contributed by atoms with van der Waals surface area (Å²) in [5.74, 6) is -4.16. The Hall–Kier alpha value is -4.93. The van der Waals surface area contributed by atoms with Gasteiger partial charge in [0.2, 0.25) is 29.5 Å². The molecule has 0 bridgehead atoms. The first-order valence-corrected chi connectivity index (χ1v) is 14.5. The van der Waals surface area contributed by atoms with Crippen LogP contribution in [0.3, 0.4) is 0 Å². The van der Waals surface area contributed by atoms with Gasteiger partial charge in [0.25, 0.3) is 23.6 Å². The van der Waals surface area contributed by atoms with E-state index in [1.165, 1.54) is 0 Å². The van der Waals surface area contributed by atoms with Gasteiger partial charge in [0.05, 0.1) is 6.61 Å². The Morgan fingerprint density at radius 2 is 0.978 bits per heavy atom. The van der Waals surface area contributed by atoms with E-state index in [1.54, 1.807) is 6.92 Å². The minimum atomic E-state index is -0.850. The standard InChI is InChI=1S/C28H39N7O10/c1-2-45-16-9-22(38)33-19(17-23(39)31-12-10-29-20(36)7-14-34-25(41)3-4-26(34)42)18-24(40)32-13-11-30-21(37)8-15-35-27(43)5-6-28(35)44/h3-6,19H,2,7-18H2,1H3,(H,29,36)(H,30,37)(H,31,39)(H,32,40)(H,33,38). The molecule has 2 rings (SSSR count). The summed E-state index contributed by atoms with van der Waals surface area (Å²) >= 11 is 0. The third-order valence-corrected chi connectivity index (χ3v) is 6.37. The number of nitrogens with zero attached hydrogens (tertiary/aromatic N) is 2. The van der Waals surface area contributed by atoms with Crippen LogP contribution in [0.4, 0.5) is 0 Å². The van der Waals surface area contributed by atoms with E-state index in [0.29, 0.717) is 6.61 Å². The molecule has 0 unspecified atom stereocenters. The van der Waals surface area contributed by atoms with E-state index in [9.17, 15) is 43.2 Å². The lowest BCUT2D eigenvalue weighted by Crippen LogP contribution is -2.44. The van der Waals surface area contributed by atoms with Crippen LogP contribution >= 0.6 is 0 Å². The summed E-state index contributed by atoms with van der Waals surface area (Å²) in [5, 5.41) is 13.0. The van der Waals surface area contributed by atoms with Crippen LogP contribution in [0.15, 0.2) is 24.3 Å². The molecule has 0 aromatic carbocycles. The molecule has 246 valence electrons. The van der Waals surface area contributed by atoms with Crippen LogP contribution in [0.25, 0.3) is 0 Å². The van der Waals surface area contributed by atoms with E-state index in [1.807, 2.05) is 0 Å². The highest BCUT2D eigenvalue weighted by molar-refractivity contribution is 6.13. The predicted molar refractivity (Wildman–Crippen MR) is 155 cm³/mol. The van der Waals surface area contributed by atoms with Gasteiger partial charge in [0.15, 0.2) is 0 Å². The van der Waals surface area contributed by atoms with Crippen molar-refractivity contribution in [2.75, 3.05) is 52.5 Å². The van der Waals surface area contributed by atoms with E-state index in [0.717, 1.165) is 34.1 Å². The predicted octanol–water partition coefficient (Wildman–Crippen LogP) is -3.23. The van der Waals surface area contributed by atoms with Crippen molar-refractivity contribution in [3.05, 3.63) is 24.3 Å². The average molecular weight is 634 g/mol. The molecule has 0 saturated heterocycles. The van der Waals surface area contributed by atoms with Crippen molar-refractivity contribution < 1.29 is 47.9 Å². The molecule has 0 aromatic rings. The summed E-state index contributed by atoms with van der Waals surface area (Å²) in [5.41, 5.74) is 0. The number of amides is 9. The first kappa shape index (κ1) is 36.3. The van der Waals surface area contributed by atoms with Crippen LogP contribution in [-0.4, -0.2) is 121 Å². The lowest BCUT2D eigenvalue weighted by Gasteiger charge is -2.19. The molecule has 2 aliphatic rings. The van der Waals surface area contributed by atoms with Gasteiger partial charge in [-0.2, -0.15) is 0 Å². The van der Waals surface area contributed by atoms with Crippen molar-refractivity contribution in [3.63, 3.8) is 0 Å². The van der Waals surface area contributed by atoms with Crippen molar-refractivity contribution in [3.8, 4) is 0 Å². The van der Waals surface area contributed by atoms with Gasteiger partial charge < -0.3 is 31.3 Å². The molecule has 2 aliphatic heterocycles. The molecular formula is C28H39N7O10. The summed E-state index contributed by atoms with van der Waals surface area (Å²) in [7, 11) is 0. The van der Waals surface area contributed by atoms with Crippen molar-refractivity contribution in [2.24, 2.45) is 0 Å². The Bertz CT molecular complexity index is 1100. The van der Waals surface area contributed by atoms with Gasteiger partial charge in [-0.15, -0.1) is 0 Å². The molecule has 2 heterocycles. The second kappa shape index (κ2) is 19.4. The Morgan fingerprint density at radius 3 is 1.36 bits per heavy atom. The zero-order chi connectivity index (χ0) is 33.2. The van der Waals surface area contributed by atoms with E-state index < -0.39 is 59.2 Å². The lowest BCUT2D eigenvalue weighted by molar-refractivity contribution is -0.139. The van der Waals surface area contributed by atoms with Crippen LogP contribution < -0.4 is 26.6 Å². The molecule has 17 heteroatoms. The molecule has 0 saturated carbocycles. The topological polar surface area (TPSA) is 229 Å². The molecule has 9 amide bonds. The molecule has 0 radical (unpaired) electrons. The van der Waals surface area contributed by atoms with Gasteiger partial charge in [-0.05, 0) is 6.92 Å². The molecule has 0 fully saturated rings. The number of hydrogen-bond acceptors (Lipinski definition) is 10. The first-order valence-electron chi connectivity index (χ1n) is 14.5. The maximum atomic E-state index is 12.5. The number of imide groups is 2. The Morgan fingerprint density at radius 1 is 0.600 bits per heavy atom. The summed E-state index contributed by atoms with van der Waals surface area (Å²) in [6.07, 6.45) is 3.88. The normalized spacial score (nSPS) is 13.9. The largest absolute Gasteiger partial charge is 0.381 e. The molecule has 0 aliphatic carbocycles. The number of carbonyl (C=O) groups excluding carboxylic acids is 9. The summed E-state index contributed by atoms with van der Waals surface area (Å²) < 4.78 is 5.16. The highest BCUT2D eigenvalue weighted by Gasteiger charge is 2.25. The Labute approximate surface area is 259 Å². The van der Waals surface area contributed by atoms with Crippen molar-refractivity contribution in [1.29, 1.82) is 0 Å². The van der Waals surface area contributed by atoms with Gasteiger partial charge >= 0.3 is 0 Å². The summed E-state index contributed by atoms with van der Waals surface area (Å²) in [6, 6.07) is -0.850. The van der Waals surface area contributed by atoms with Crippen LogP contribution in [0.2, 0.25) is 0 Å². The maximum absolute atomic E-state index is 12.5. The third-order valence-electron chi connectivity index (χ3n) is 6.37. The molecule has 5 N–H and O–H groups in total. The molecule has 0 spiro atoms. The summed E-state index contributed by atoms with van der Waals surface area (Å²) in [6.45, 7) is 2.49. The monoisotopic (exact) mass is 633 g/mol. The molecule has 45 heavy (non-hydrogen) atoms. The van der Waals surface area contributed by atoms with Gasteiger partial charge in [-0.25, -0.2) is 0 Å². The molecular weight excluding hydrogens is 594 g/mol. The van der Waals surface area contributed by atoms with E-state index in [4.69, 9.17) is 4.74 Å². The van der Waals surface area contributed by atoms with E-state index in [-0.39, 0.29) is 78.0 Å². The zero-order valence-corrected chi connectivity index (χ0v) is 25.1. The van der Waals surface area contributed by atoms with Crippen LogP contribution in [0.1, 0.15) is 39.0 Å². The minimum Gasteiger partial charge on any atom is -0.381 e. The number of nitrogens with one attached hydrogen (secondary N) is 5.